The molecular formula is C12H21N5O. The van der Waals surface area contributed by atoms with Gasteiger partial charge in [-0.15, -0.1) is 0 Å². The van der Waals surface area contributed by atoms with Gasteiger partial charge in [-0.05, 0) is 36.6 Å². The molecule has 0 aliphatic heterocycles. The first-order valence-corrected chi connectivity index (χ1v) is 5.90. The molecule has 0 bridgehead atoms. The van der Waals surface area contributed by atoms with Gasteiger partial charge in [0.05, 0.1) is 0 Å². The minimum absolute atomic E-state index is 0.745. The lowest BCUT2D eigenvalue weighted by atomic mass is 10.0. The average Bonchev–Trinajstić information content (AvgIpc) is 2.31. The zero-order valence-electron chi connectivity index (χ0n) is 10.8. The Hall–Kier alpha value is -1.79. The Morgan fingerprint density at radius 2 is 2.17 bits per heavy atom. The summed E-state index contributed by atoms with van der Waals surface area (Å²) in [7, 11) is 0. The number of nitrogens with one attached hydrogen (secondary N) is 1. The lowest BCUT2D eigenvalue weighted by Gasteiger charge is -2.24. The van der Waals surface area contributed by atoms with Gasteiger partial charge < -0.3 is 11.1 Å². The number of carbonyl (C=O) groups excluding carboxylic acids is 1. The number of anilines is 1. The Kier molecular flexibility index (Phi) is 4.94. The van der Waals surface area contributed by atoms with Crippen LogP contribution >= 0.6 is 0 Å². The molecule has 0 aliphatic rings. The third-order valence-corrected chi connectivity index (χ3v) is 2.73. The zero-order valence-corrected chi connectivity index (χ0v) is 10.8. The number of urea groups is 1. The van der Waals surface area contributed by atoms with E-state index in [4.69, 9.17) is 17.3 Å². The fourth-order valence-corrected chi connectivity index (χ4v) is 1.71. The van der Waals surface area contributed by atoms with Gasteiger partial charge in [0.2, 0.25) is 0 Å². The molecule has 1 rings (SSSR count). The Morgan fingerprint density at radius 3 is 2.67 bits per heavy atom. The van der Waals surface area contributed by atoms with E-state index in [9.17, 15) is 4.79 Å². The molecule has 6 heteroatoms. The van der Waals surface area contributed by atoms with Crippen LogP contribution in [0.15, 0.2) is 18.2 Å². The van der Waals surface area contributed by atoms with E-state index >= 15 is 0 Å². The summed E-state index contributed by atoms with van der Waals surface area (Å²) in [4.78, 5) is 10.8. The van der Waals surface area contributed by atoms with Crippen molar-refractivity contribution in [2.75, 3.05) is 5.32 Å². The van der Waals surface area contributed by atoms with Gasteiger partial charge in [-0.2, -0.15) is 0 Å². The highest BCUT2D eigenvalue weighted by molar-refractivity contribution is 5.72. The lowest BCUT2D eigenvalue weighted by Crippen LogP contribution is -2.56. The normalized spacial score (nSPS) is 12.0. The van der Waals surface area contributed by atoms with Crippen molar-refractivity contribution in [3.63, 3.8) is 0 Å². The van der Waals surface area contributed by atoms with Gasteiger partial charge in [0.25, 0.3) is 0 Å². The summed E-state index contributed by atoms with van der Waals surface area (Å²) in [6.07, 6.45) is 1.30. The molecule has 0 aliphatic carbocycles. The van der Waals surface area contributed by atoms with Crippen molar-refractivity contribution < 1.29 is 4.79 Å². The monoisotopic (exact) mass is 251 g/mol. The van der Waals surface area contributed by atoms with Crippen molar-refractivity contribution in [2.24, 2.45) is 17.3 Å². The van der Waals surface area contributed by atoms with Crippen LogP contribution < -0.4 is 22.6 Å². The van der Waals surface area contributed by atoms with Crippen molar-refractivity contribution in [1.29, 1.82) is 0 Å². The first-order valence-electron chi connectivity index (χ1n) is 5.90. The number of primary amides is 1. The second-order valence-electron chi connectivity index (χ2n) is 4.23. The number of nitrogens with two attached hydrogens (primary N) is 3. The highest BCUT2D eigenvalue weighted by Gasteiger charge is 2.13. The maximum Gasteiger partial charge on any atom is 0.331 e. The molecule has 0 heterocycles. The van der Waals surface area contributed by atoms with Gasteiger partial charge in [-0.1, -0.05) is 19.4 Å². The van der Waals surface area contributed by atoms with E-state index in [0.717, 1.165) is 23.5 Å². The first-order chi connectivity index (χ1) is 8.45. The van der Waals surface area contributed by atoms with Gasteiger partial charge in [0.1, 0.15) is 0 Å². The molecule has 1 aromatic carbocycles. The zero-order chi connectivity index (χ0) is 13.7. The third-order valence-electron chi connectivity index (χ3n) is 2.73. The first kappa shape index (κ1) is 14.3. The molecule has 1 atom stereocenters. The number of benzene rings is 1. The summed E-state index contributed by atoms with van der Waals surface area (Å²) in [6.45, 7) is 4.18. The van der Waals surface area contributed by atoms with Gasteiger partial charge in [0, 0.05) is 5.69 Å². The Labute approximate surface area is 107 Å². The van der Waals surface area contributed by atoms with Crippen LogP contribution in [-0.4, -0.2) is 17.3 Å². The van der Waals surface area contributed by atoms with E-state index in [1.807, 2.05) is 25.1 Å². The minimum atomic E-state index is -0.848. The molecule has 0 radical (unpaired) electrons. The molecule has 1 aromatic rings. The number of amides is 2. The molecule has 6 nitrogen and oxygen atoms in total. The summed E-state index contributed by atoms with van der Waals surface area (Å²) in [5, 5.41) is 3.66. The SMILES string of the molecule is CCCc1ccc(NC(N)N(N)C(N)=O)cc1C. The van der Waals surface area contributed by atoms with Crippen LogP contribution in [0.5, 0.6) is 0 Å². The number of hydrogen-bond donors (Lipinski definition) is 4. The molecule has 0 aromatic heterocycles. The van der Waals surface area contributed by atoms with E-state index in [1.165, 1.54) is 11.1 Å². The van der Waals surface area contributed by atoms with Crippen LogP contribution in [-0.2, 0) is 6.42 Å². The fraction of sp³-hybridized carbons (Fsp3) is 0.417. The highest BCUT2D eigenvalue weighted by Crippen LogP contribution is 2.17. The summed E-state index contributed by atoms with van der Waals surface area (Å²) < 4.78 is 0. The molecule has 7 N–H and O–H groups in total. The van der Waals surface area contributed by atoms with E-state index in [2.05, 4.69) is 12.2 Å². The Bertz CT molecular complexity index is 421. The predicted molar refractivity (Wildman–Crippen MR) is 72.4 cm³/mol. The number of rotatable bonds is 5. The summed E-state index contributed by atoms with van der Waals surface area (Å²) in [6, 6.07) is 5.14. The van der Waals surface area contributed by atoms with Crippen molar-refractivity contribution in [3.05, 3.63) is 29.3 Å². The van der Waals surface area contributed by atoms with Gasteiger partial charge in [-0.25, -0.2) is 15.6 Å². The second kappa shape index (κ2) is 6.23. The average molecular weight is 251 g/mol. The quantitative estimate of drug-likeness (QED) is 0.269. The number of hydrogen-bond acceptors (Lipinski definition) is 4. The highest BCUT2D eigenvalue weighted by atomic mass is 16.2. The van der Waals surface area contributed by atoms with Crippen molar-refractivity contribution in [1.82, 2.24) is 5.01 Å². The second-order valence-corrected chi connectivity index (χ2v) is 4.23. The summed E-state index contributed by atoms with van der Waals surface area (Å²) >= 11 is 0. The van der Waals surface area contributed by atoms with Crippen LogP contribution in [0.2, 0.25) is 0 Å². The van der Waals surface area contributed by atoms with Crippen molar-refractivity contribution in [2.45, 2.75) is 33.0 Å². The van der Waals surface area contributed by atoms with Gasteiger partial charge >= 0.3 is 6.03 Å². The molecule has 0 saturated carbocycles. The van der Waals surface area contributed by atoms with E-state index in [0.29, 0.717) is 0 Å². The van der Waals surface area contributed by atoms with Gasteiger partial charge in [-0.3, -0.25) is 5.73 Å². The van der Waals surface area contributed by atoms with E-state index in [-0.39, 0.29) is 0 Å². The largest absolute Gasteiger partial charge is 0.352 e. The molecule has 100 valence electrons. The fourth-order valence-electron chi connectivity index (χ4n) is 1.71. The standard InChI is InChI=1S/C12H21N5O/c1-3-4-9-5-6-10(7-8(9)2)16-11(13)17(15)12(14)18/h5-7,11,16H,3-4,13,15H2,1-2H3,(H2,14,18). The molecule has 2 amide bonds. The van der Waals surface area contributed by atoms with E-state index < -0.39 is 12.3 Å². The molecule has 1 unspecified atom stereocenters. The maximum absolute atomic E-state index is 10.8. The smallest absolute Gasteiger partial charge is 0.331 e. The molecular weight excluding hydrogens is 230 g/mol. The molecule has 0 saturated heterocycles. The minimum Gasteiger partial charge on any atom is -0.352 e. The molecule has 18 heavy (non-hydrogen) atoms. The number of hydrazine groups is 1. The van der Waals surface area contributed by atoms with Crippen LogP contribution in [0.4, 0.5) is 10.5 Å². The maximum atomic E-state index is 10.8. The van der Waals surface area contributed by atoms with Crippen LogP contribution in [0.1, 0.15) is 24.5 Å². The number of aryl methyl sites for hydroxylation is 2. The van der Waals surface area contributed by atoms with E-state index in [1.54, 1.807) is 0 Å². The summed E-state index contributed by atoms with van der Waals surface area (Å²) in [5.41, 5.74) is 14.0. The predicted octanol–water partition coefficient (Wildman–Crippen LogP) is 0.856. The summed E-state index contributed by atoms with van der Waals surface area (Å²) in [5.74, 6) is 5.39. The Morgan fingerprint density at radius 1 is 1.50 bits per heavy atom. The number of carbonyl (C=O) groups is 1. The third kappa shape index (κ3) is 3.61. The van der Waals surface area contributed by atoms with Gasteiger partial charge in [0.15, 0.2) is 6.29 Å². The topological polar surface area (TPSA) is 110 Å². The van der Waals surface area contributed by atoms with Crippen molar-refractivity contribution in [3.8, 4) is 0 Å². The van der Waals surface area contributed by atoms with Crippen LogP contribution in [0, 0.1) is 6.92 Å². The lowest BCUT2D eigenvalue weighted by molar-refractivity contribution is 0.193. The van der Waals surface area contributed by atoms with Crippen LogP contribution in [0.25, 0.3) is 0 Å². The Balaban J connectivity index is 2.74. The number of nitrogens with zero attached hydrogens (tertiary/aromatic N) is 1. The van der Waals surface area contributed by atoms with Crippen LogP contribution in [0.3, 0.4) is 0 Å². The van der Waals surface area contributed by atoms with Crippen molar-refractivity contribution >= 4 is 11.7 Å². The molecule has 0 fully saturated rings. The molecule has 0 spiro atoms.